The van der Waals surface area contributed by atoms with Gasteiger partial charge in [0.1, 0.15) is 28.3 Å². The van der Waals surface area contributed by atoms with Crippen molar-refractivity contribution in [3.8, 4) is 39.8 Å². The molecule has 1 aliphatic carbocycles. The Hall–Kier alpha value is -7.50. The fraction of sp³-hybridized carbons (Fsp3) is 0.0196. The van der Waals surface area contributed by atoms with Gasteiger partial charge < -0.3 is 9.15 Å². The van der Waals surface area contributed by atoms with Gasteiger partial charge in [-0.2, -0.15) is 0 Å². The van der Waals surface area contributed by atoms with Crippen molar-refractivity contribution >= 4 is 54.6 Å². The molecule has 0 fully saturated rings. The molecule has 3 aromatic heterocycles. The Bertz CT molecular complexity index is 3440. The van der Waals surface area contributed by atoms with E-state index in [-0.39, 0.29) is 0 Å². The van der Waals surface area contributed by atoms with Gasteiger partial charge in [-0.15, -0.1) is 0 Å². The fourth-order valence-electron chi connectivity index (χ4n) is 9.74. The van der Waals surface area contributed by atoms with Gasteiger partial charge in [-0.1, -0.05) is 133 Å². The van der Waals surface area contributed by atoms with Crippen LogP contribution in [0.5, 0.6) is 11.5 Å². The lowest BCUT2D eigenvalue weighted by Gasteiger charge is -2.39. The van der Waals surface area contributed by atoms with Crippen LogP contribution in [0.1, 0.15) is 22.3 Å². The molecule has 13 rings (SSSR count). The van der Waals surface area contributed by atoms with E-state index in [1.165, 1.54) is 27.6 Å². The van der Waals surface area contributed by atoms with Crippen molar-refractivity contribution < 1.29 is 9.15 Å². The number of hydrogen-bond acceptors (Lipinski definition) is 4. The van der Waals surface area contributed by atoms with E-state index in [1.807, 2.05) is 18.2 Å². The molecule has 1 aliphatic heterocycles. The molecule has 5 nitrogen and oxygen atoms in total. The SMILES string of the molecule is c1ccc2c(c1)Oc1cc3c4ccccc4n(-c4nc(-c5ccc6ccccc6c5)c5oc6ccccc6c5n4)c3cc1C21c2ccccc2-c2ccccc21. The van der Waals surface area contributed by atoms with E-state index in [9.17, 15) is 0 Å². The van der Waals surface area contributed by atoms with Crippen LogP contribution in [0.3, 0.4) is 0 Å². The Morgan fingerprint density at radius 3 is 1.98 bits per heavy atom. The molecule has 11 aromatic rings. The van der Waals surface area contributed by atoms with Crippen molar-refractivity contribution in [2.24, 2.45) is 0 Å². The van der Waals surface area contributed by atoms with Crippen molar-refractivity contribution in [2.45, 2.75) is 5.41 Å². The van der Waals surface area contributed by atoms with Gasteiger partial charge in [-0.05, 0) is 75.5 Å². The summed E-state index contributed by atoms with van der Waals surface area (Å²) < 4.78 is 15.7. The maximum absolute atomic E-state index is 6.92. The lowest BCUT2D eigenvalue weighted by atomic mass is 9.66. The van der Waals surface area contributed by atoms with E-state index in [0.717, 1.165) is 77.6 Å². The topological polar surface area (TPSA) is 53.1 Å². The normalized spacial score (nSPS) is 13.6. The Morgan fingerprint density at radius 1 is 0.464 bits per heavy atom. The van der Waals surface area contributed by atoms with E-state index >= 15 is 0 Å². The minimum atomic E-state index is -0.603. The molecule has 2 aliphatic rings. The van der Waals surface area contributed by atoms with Crippen molar-refractivity contribution in [3.63, 3.8) is 0 Å². The number of benzene rings is 8. The summed E-state index contributed by atoms with van der Waals surface area (Å²) in [6, 6.07) is 62.3. The van der Waals surface area contributed by atoms with E-state index in [0.29, 0.717) is 11.5 Å². The van der Waals surface area contributed by atoms with Crippen LogP contribution in [0.4, 0.5) is 0 Å². The fourth-order valence-corrected chi connectivity index (χ4v) is 9.74. The summed E-state index contributed by atoms with van der Waals surface area (Å²) in [7, 11) is 0. The van der Waals surface area contributed by atoms with E-state index < -0.39 is 5.41 Å². The third-order valence-electron chi connectivity index (χ3n) is 12.1. The highest BCUT2D eigenvalue weighted by Gasteiger charge is 2.51. The van der Waals surface area contributed by atoms with Gasteiger partial charge in [-0.3, -0.25) is 4.57 Å². The summed E-state index contributed by atoms with van der Waals surface area (Å²) in [4.78, 5) is 10.8. The molecule has 4 heterocycles. The predicted molar refractivity (Wildman–Crippen MR) is 224 cm³/mol. The number of aromatic nitrogens is 3. The van der Waals surface area contributed by atoms with Crippen LogP contribution in [0, 0.1) is 0 Å². The van der Waals surface area contributed by atoms with Gasteiger partial charge in [0.05, 0.1) is 16.4 Å². The zero-order chi connectivity index (χ0) is 36.5. The zero-order valence-corrected chi connectivity index (χ0v) is 29.9. The molecule has 0 saturated heterocycles. The second kappa shape index (κ2) is 10.8. The number of hydrogen-bond donors (Lipinski definition) is 0. The van der Waals surface area contributed by atoms with Gasteiger partial charge in [0.15, 0.2) is 5.58 Å². The quantitative estimate of drug-likeness (QED) is 0.179. The Kier molecular flexibility index (Phi) is 5.77. The predicted octanol–water partition coefficient (Wildman–Crippen LogP) is 12.8. The minimum absolute atomic E-state index is 0.580. The van der Waals surface area contributed by atoms with Crippen LogP contribution in [0.25, 0.3) is 83.0 Å². The van der Waals surface area contributed by atoms with Crippen LogP contribution in [-0.2, 0) is 5.41 Å². The largest absolute Gasteiger partial charge is 0.457 e. The Balaban J connectivity index is 1.16. The number of furan rings is 1. The summed E-state index contributed by atoms with van der Waals surface area (Å²) >= 11 is 0. The molecular weight excluding hydrogens is 687 g/mol. The number of ether oxygens (including phenoxy) is 1. The first-order chi connectivity index (χ1) is 27.8. The molecule has 0 saturated carbocycles. The van der Waals surface area contributed by atoms with E-state index in [2.05, 4.69) is 162 Å². The maximum atomic E-state index is 6.92. The highest BCUT2D eigenvalue weighted by Crippen LogP contribution is 2.62. The van der Waals surface area contributed by atoms with E-state index in [4.69, 9.17) is 19.1 Å². The number of para-hydroxylation sites is 3. The van der Waals surface area contributed by atoms with Crippen molar-refractivity contribution in [1.82, 2.24) is 14.5 Å². The third kappa shape index (κ3) is 3.78. The minimum Gasteiger partial charge on any atom is -0.457 e. The maximum Gasteiger partial charge on any atom is 0.236 e. The second-order valence-corrected chi connectivity index (χ2v) is 14.9. The molecule has 260 valence electrons. The van der Waals surface area contributed by atoms with Gasteiger partial charge in [0.25, 0.3) is 0 Å². The molecule has 8 aromatic carbocycles. The molecular formula is C51H29N3O2. The Morgan fingerprint density at radius 2 is 1.14 bits per heavy atom. The van der Waals surface area contributed by atoms with Gasteiger partial charge >= 0.3 is 0 Å². The summed E-state index contributed by atoms with van der Waals surface area (Å²) in [5.41, 5.74) is 12.6. The second-order valence-electron chi connectivity index (χ2n) is 14.9. The molecule has 1 spiro atoms. The van der Waals surface area contributed by atoms with Crippen LogP contribution < -0.4 is 4.74 Å². The van der Waals surface area contributed by atoms with Crippen LogP contribution in [0.2, 0.25) is 0 Å². The molecule has 0 unspecified atom stereocenters. The van der Waals surface area contributed by atoms with Crippen molar-refractivity contribution in [2.75, 3.05) is 0 Å². The van der Waals surface area contributed by atoms with Crippen molar-refractivity contribution in [3.05, 3.63) is 198 Å². The highest BCUT2D eigenvalue weighted by molar-refractivity contribution is 6.11. The van der Waals surface area contributed by atoms with Gasteiger partial charge in [-0.25, -0.2) is 9.97 Å². The smallest absolute Gasteiger partial charge is 0.236 e. The summed E-state index contributed by atoms with van der Waals surface area (Å²) in [6.07, 6.45) is 0. The average Bonchev–Trinajstić information content (AvgIpc) is 3.89. The summed E-state index contributed by atoms with van der Waals surface area (Å²) in [5, 5.41) is 5.44. The number of fused-ring (bicyclic) bond motifs is 16. The summed E-state index contributed by atoms with van der Waals surface area (Å²) in [6.45, 7) is 0. The van der Waals surface area contributed by atoms with Gasteiger partial charge in [0.2, 0.25) is 5.95 Å². The van der Waals surface area contributed by atoms with Crippen LogP contribution in [0.15, 0.2) is 180 Å². The molecule has 0 bridgehead atoms. The zero-order valence-electron chi connectivity index (χ0n) is 29.9. The molecule has 56 heavy (non-hydrogen) atoms. The van der Waals surface area contributed by atoms with Crippen LogP contribution >= 0.6 is 0 Å². The molecule has 0 radical (unpaired) electrons. The Labute approximate surface area is 320 Å². The first-order valence-electron chi connectivity index (χ1n) is 19.0. The first-order valence-corrected chi connectivity index (χ1v) is 19.0. The number of rotatable bonds is 2. The van der Waals surface area contributed by atoms with E-state index in [1.54, 1.807) is 0 Å². The number of nitrogens with zero attached hydrogens (tertiary/aromatic N) is 3. The molecule has 0 N–H and O–H groups in total. The standard InChI is InChI=1S/C51H29N3O2/c1-2-14-31-27-32(26-25-30(31)13-1)47-49-48(36-18-6-11-23-44(36)56-49)53-50(52-47)54-42-22-10-5-17-35(42)37-28-46-41(29-43(37)54)51(40-21-9-12-24-45(40)55-46)38-19-7-3-15-33(38)34-16-4-8-20-39(34)51/h1-29H. The summed E-state index contributed by atoms with van der Waals surface area (Å²) in [5.74, 6) is 2.30. The molecule has 0 amide bonds. The molecule has 5 heteroatoms. The lowest BCUT2D eigenvalue weighted by Crippen LogP contribution is -2.32. The first kappa shape index (κ1) is 29.9. The molecule has 0 atom stereocenters. The van der Waals surface area contributed by atoms with Crippen molar-refractivity contribution in [1.29, 1.82) is 0 Å². The monoisotopic (exact) mass is 715 g/mol. The van der Waals surface area contributed by atoms with Gasteiger partial charge in [0, 0.05) is 32.8 Å². The average molecular weight is 716 g/mol. The van der Waals surface area contributed by atoms with Crippen LogP contribution in [-0.4, -0.2) is 14.5 Å². The highest BCUT2D eigenvalue weighted by atomic mass is 16.5. The lowest BCUT2D eigenvalue weighted by molar-refractivity contribution is 0.437. The third-order valence-corrected chi connectivity index (χ3v) is 12.1.